The van der Waals surface area contributed by atoms with Crippen LogP contribution in [0.25, 0.3) is 5.57 Å². The monoisotopic (exact) mass is 292 g/mol. The second kappa shape index (κ2) is 4.52. The highest BCUT2D eigenvalue weighted by Crippen LogP contribution is 2.41. The van der Waals surface area contributed by atoms with Gasteiger partial charge in [-0.05, 0) is 19.4 Å². The van der Waals surface area contributed by atoms with Gasteiger partial charge in [0.05, 0.1) is 5.70 Å². The molecule has 3 aliphatic rings. The van der Waals surface area contributed by atoms with Gasteiger partial charge in [0.25, 0.3) is 5.82 Å². The van der Waals surface area contributed by atoms with E-state index in [4.69, 9.17) is 0 Å². The van der Waals surface area contributed by atoms with Crippen LogP contribution in [-0.2, 0) is 4.79 Å². The van der Waals surface area contributed by atoms with Gasteiger partial charge in [-0.1, -0.05) is 29.8 Å². The van der Waals surface area contributed by atoms with E-state index in [2.05, 4.69) is 47.7 Å². The predicted molar refractivity (Wildman–Crippen MR) is 86.3 cm³/mol. The Labute approximate surface area is 129 Å². The number of aryl methyl sites for hydroxylation is 1. The molecule has 1 fully saturated rings. The summed E-state index contributed by atoms with van der Waals surface area (Å²) in [5, 5.41) is 0. The molecule has 1 N–H and O–H groups in total. The molecule has 1 aromatic carbocycles. The molecule has 0 saturated carbocycles. The molecule has 1 unspecified atom stereocenters. The third-order valence-corrected chi connectivity index (χ3v) is 4.58. The highest BCUT2D eigenvalue weighted by atomic mass is 16.1. The van der Waals surface area contributed by atoms with Gasteiger partial charge in [0, 0.05) is 29.9 Å². The van der Waals surface area contributed by atoms with E-state index in [0.29, 0.717) is 4.59 Å². The van der Waals surface area contributed by atoms with Crippen LogP contribution in [0.3, 0.4) is 0 Å². The fourth-order valence-electron chi connectivity index (χ4n) is 3.41. The molecule has 4 heteroatoms. The molecule has 0 aromatic heterocycles. The number of fused-ring (bicyclic) bond motifs is 1. The van der Waals surface area contributed by atoms with Gasteiger partial charge in [0.15, 0.2) is 0 Å². The van der Waals surface area contributed by atoms with Crippen molar-refractivity contribution in [2.24, 2.45) is 4.99 Å². The number of nitrogens with zero attached hydrogens (tertiary/aromatic N) is 2. The van der Waals surface area contributed by atoms with Crippen molar-refractivity contribution in [2.75, 3.05) is 6.54 Å². The summed E-state index contributed by atoms with van der Waals surface area (Å²) >= 11 is 0. The molecule has 3 aliphatic heterocycles. The van der Waals surface area contributed by atoms with Crippen LogP contribution >= 0.6 is 0 Å². The Morgan fingerprint density at radius 1 is 1.18 bits per heavy atom. The van der Waals surface area contributed by atoms with Crippen molar-refractivity contribution in [3.8, 4) is 0 Å². The van der Waals surface area contributed by atoms with Crippen LogP contribution < -0.4 is 5.43 Å². The van der Waals surface area contributed by atoms with E-state index in [1.807, 2.05) is 13.0 Å². The van der Waals surface area contributed by atoms with Gasteiger partial charge >= 0.3 is 0 Å². The van der Waals surface area contributed by atoms with E-state index in [0.717, 1.165) is 36.5 Å². The number of hydrogen-bond acceptors (Lipinski definition) is 3. The Bertz CT molecular complexity index is 796. The molecule has 0 aliphatic carbocycles. The summed E-state index contributed by atoms with van der Waals surface area (Å²) in [5.41, 5.74) is 9.95. The van der Waals surface area contributed by atoms with Crippen molar-refractivity contribution >= 4 is 17.6 Å². The Morgan fingerprint density at radius 3 is 2.68 bits per heavy atom. The average molecular weight is 292 g/mol. The maximum absolute atomic E-state index is 11.5. The first-order chi connectivity index (χ1) is 10.6. The topological polar surface area (TPSA) is 41.5 Å². The summed E-state index contributed by atoms with van der Waals surface area (Å²) in [5.74, 6) is 0.902. The summed E-state index contributed by atoms with van der Waals surface area (Å²) in [6.07, 6.45) is 5.86. The third kappa shape index (κ3) is 1.74. The smallest absolute Gasteiger partial charge is 0.258 e. The van der Waals surface area contributed by atoms with Crippen LogP contribution in [0, 0.1) is 6.92 Å². The van der Waals surface area contributed by atoms with E-state index < -0.39 is 0 Å². The Kier molecular flexibility index (Phi) is 2.71. The fraction of sp³-hybridized carbons (Fsp3) is 0.222. The van der Waals surface area contributed by atoms with Crippen LogP contribution in [0.2, 0.25) is 0 Å². The summed E-state index contributed by atoms with van der Waals surface area (Å²) in [6.45, 7) is 4.85. The lowest BCUT2D eigenvalue weighted by molar-refractivity contribution is -0.880. The number of benzene rings is 1. The number of quaternary nitrogens is 1. The van der Waals surface area contributed by atoms with Crippen LogP contribution in [0.5, 0.6) is 0 Å². The van der Waals surface area contributed by atoms with Crippen LogP contribution in [0.1, 0.15) is 24.5 Å². The van der Waals surface area contributed by atoms with Gasteiger partial charge in [-0.2, -0.15) is 4.99 Å². The van der Waals surface area contributed by atoms with Gasteiger partial charge in [-0.15, -0.1) is 4.59 Å². The number of rotatable bonds is 2. The molecular weight excluding hydrogens is 274 g/mol. The molecule has 22 heavy (non-hydrogen) atoms. The van der Waals surface area contributed by atoms with Crippen molar-refractivity contribution in [1.82, 2.24) is 5.43 Å². The van der Waals surface area contributed by atoms with Crippen molar-refractivity contribution in [2.45, 2.75) is 20.3 Å². The van der Waals surface area contributed by atoms with Gasteiger partial charge in [-0.25, -0.2) is 5.43 Å². The maximum Gasteiger partial charge on any atom is 0.258 e. The summed E-state index contributed by atoms with van der Waals surface area (Å²) in [7, 11) is 0. The molecule has 1 aromatic rings. The first-order valence-electron chi connectivity index (χ1n) is 7.54. The van der Waals surface area contributed by atoms with Crippen molar-refractivity contribution in [3.63, 3.8) is 0 Å². The lowest BCUT2D eigenvalue weighted by Crippen LogP contribution is -2.53. The fourth-order valence-corrected chi connectivity index (χ4v) is 3.41. The number of aldehydes is 1. The maximum atomic E-state index is 11.5. The normalized spacial score (nSPS) is 25.8. The number of hydrogen-bond donors (Lipinski definition) is 1. The van der Waals surface area contributed by atoms with E-state index in [1.165, 1.54) is 22.4 Å². The standard InChI is InChI=1S/C18H17N3O/c1-12-3-5-14(6-4-12)16-10-18-19-13(2)9-15(11-22)21(18)8-7-17(16)20-21/h3-6,9-11H,7-8H2,1-2H3/p+1. The number of carbonyl (C=O) groups excluding carboxylic acids is 1. The highest BCUT2D eigenvalue weighted by Gasteiger charge is 2.49. The van der Waals surface area contributed by atoms with Gasteiger partial charge in [0.1, 0.15) is 6.54 Å². The molecular formula is C18H18N3O+. The van der Waals surface area contributed by atoms with E-state index in [9.17, 15) is 4.79 Å². The number of aliphatic imine (C=N–C) groups is 1. The van der Waals surface area contributed by atoms with E-state index in [1.54, 1.807) is 0 Å². The minimum absolute atomic E-state index is 0.367. The number of allylic oxidation sites excluding steroid dienone is 4. The molecule has 3 heterocycles. The van der Waals surface area contributed by atoms with Crippen molar-refractivity contribution < 1.29 is 9.39 Å². The Morgan fingerprint density at radius 2 is 1.95 bits per heavy atom. The third-order valence-electron chi connectivity index (χ3n) is 4.58. The quantitative estimate of drug-likeness (QED) is 0.672. The Balaban J connectivity index is 1.86. The highest BCUT2D eigenvalue weighted by molar-refractivity contribution is 5.98. The number of nitrogens with one attached hydrogen (secondary N) is 1. The first-order valence-corrected chi connectivity index (χ1v) is 7.54. The van der Waals surface area contributed by atoms with Crippen molar-refractivity contribution in [1.29, 1.82) is 0 Å². The second-order valence-electron chi connectivity index (χ2n) is 6.10. The zero-order chi connectivity index (χ0) is 15.3. The first kappa shape index (κ1) is 13.2. The van der Waals surface area contributed by atoms with E-state index >= 15 is 0 Å². The van der Waals surface area contributed by atoms with Gasteiger partial charge < -0.3 is 0 Å². The van der Waals surface area contributed by atoms with Crippen LogP contribution in [-0.4, -0.2) is 23.1 Å². The molecule has 110 valence electrons. The zero-order valence-corrected chi connectivity index (χ0v) is 12.8. The van der Waals surface area contributed by atoms with Gasteiger partial charge in [-0.3, -0.25) is 4.79 Å². The molecule has 0 radical (unpaired) electrons. The lowest BCUT2D eigenvalue weighted by atomic mass is 10.0. The Hall–Kier alpha value is -2.46. The summed E-state index contributed by atoms with van der Waals surface area (Å²) < 4.78 is 0.367. The minimum Gasteiger partial charge on any atom is -0.292 e. The molecule has 4 rings (SSSR count). The molecule has 1 saturated heterocycles. The summed E-state index contributed by atoms with van der Waals surface area (Å²) in [6, 6.07) is 8.54. The van der Waals surface area contributed by atoms with Crippen LogP contribution in [0.15, 0.2) is 58.6 Å². The molecule has 1 atom stereocenters. The summed E-state index contributed by atoms with van der Waals surface area (Å²) in [4.78, 5) is 16.2. The molecule has 1 spiro atoms. The largest absolute Gasteiger partial charge is 0.292 e. The molecule has 2 bridgehead atoms. The predicted octanol–water partition coefficient (Wildman–Crippen LogP) is 2.84. The van der Waals surface area contributed by atoms with E-state index in [-0.39, 0.29) is 0 Å². The molecule has 0 amide bonds. The SMILES string of the molecule is CC1=NC2=CC(c3ccc(C)cc3)=C3CC[N+]2(N3)C(C=O)=C1. The zero-order valence-electron chi connectivity index (χ0n) is 12.8. The minimum atomic E-state index is 0.367. The van der Waals surface area contributed by atoms with Crippen LogP contribution in [0.4, 0.5) is 0 Å². The second-order valence-corrected chi connectivity index (χ2v) is 6.10. The van der Waals surface area contributed by atoms with Gasteiger partial charge in [0.2, 0.25) is 12.0 Å². The van der Waals surface area contributed by atoms with Crippen molar-refractivity contribution in [3.05, 3.63) is 64.8 Å². The lowest BCUT2D eigenvalue weighted by Gasteiger charge is -2.36. The number of carbonyl (C=O) groups is 1. The molecule has 4 nitrogen and oxygen atoms in total. The average Bonchev–Trinajstić information content (AvgIpc) is 2.89.